The van der Waals surface area contributed by atoms with E-state index in [-0.39, 0.29) is 64.9 Å². The molecule has 7 N–H and O–H groups in total. The van der Waals surface area contributed by atoms with Crippen molar-refractivity contribution in [1.82, 2.24) is 49.7 Å². The number of thioether (sulfide) groups is 1. The highest BCUT2D eigenvalue weighted by atomic mass is 32.2. The summed E-state index contributed by atoms with van der Waals surface area (Å²) < 4.78 is 82.3. The molecule has 6 heterocycles. The predicted octanol–water partition coefficient (Wildman–Crippen LogP) is 3.45. The van der Waals surface area contributed by atoms with Gasteiger partial charge in [-0.25, -0.2) is 43.2 Å². The Hall–Kier alpha value is -5.11. The number of hydrogen-bond donors (Lipinski definition) is 5. The standard InChI is InChI=1S/C40H52BF2N13O10P2S/c1-5-6-25(57)54-28(19(2)3)38(59)52-20(4)37(58)53-22-9-7-21(8-10-22)13-69-18-61-11-23-32(27(43)40(63-23)56-17-51-30-34(45)47-15-49-36(30)56)66-68(41)62-12-24-31(65-67-60)26(42)39(64-24)55-16-50-29-33(44)46-14-48-35(29)55/h7-10,14-17,19-20,23-24,26-28,31-32,39-40H,5-6,11-13,18,41H2,1-4H3,(H,52,59)(H,53,58)(H,54,57)(H2,44,46,48)(H2,45,47,49)/t20-,23+,24+,26+,27+,28?,31+,32+,39+,40+,68?/m0/s1. The summed E-state index contributed by atoms with van der Waals surface area (Å²) in [5, 5.41) is 8.23. The number of benzene rings is 1. The molecule has 2 saturated heterocycles. The zero-order valence-electron chi connectivity index (χ0n) is 38.1. The van der Waals surface area contributed by atoms with Crippen molar-refractivity contribution in [3.63, 3.8) is 0 Å². The lowest BCUT2D eigenvalue weighted by Crippen LogP contribution is -2.53. The smallest absolute Gasteiger partial charge is 0.327 e. The number of carbonyl (C=O) groups excluding carboxylic acids is 3. The third-order valence-electron chi connectivity index (χ3n) is 11.1. The molecule has 2 aliphatic heterocycles. The number of anilines is 3. The molecule has 1 aromatic carbocycles. The second kappa shape index (κ2) is 23.7. The number of rotatable bonds is 23. The summed E-state index contributed by atoms with van der Waals surface area (Å²) in [4.78, 5) is 62.7. The fraction of sp³-hybridized carbons (Fsp3) is 0.525. The van der Waals surface area contributed by atoms with Gasteiger partial charge in [-0.3, -0.25) is 28.0 Å². The minimum Gasteiger partial charge on any atom is -0.382 e. The maximum atomic E-state index is 16.6. The molecule has 7 rings (SSSR count). The van der Waals surface area contributed by atoms with Gasteiger partial charge in [0.1, 0.15) is 68.4 Å². The maximum Gasteiger partial charge on any atom is 0.327 e. The van der Waals surface area contributed by atoms with E-state index >= 15 is 8.78 Å². The molecule has 2 unspecified atom stereocenters. The number of nitrogens with one attached hydrogen (secondary N) is 3. The minimum atomic E-state index is -1.89. The number of fused-ring (bicyclic) bond motifs is 2. The van der Waals surface area contributed by atoms with Crippen LogP contribution in [0.15, 0.2) is 49.6 Å². The van der Waals surface area contributed by atoms with Crippen molar-refractivity contribution in [1.29, 1.82) is 0 Å². The van der Waals surface area contributed by atoms with Crippen molar-refractivity contribution in [3.05, 3.63) is 55.1 Å². The van der Waals surface area contributed by atoms with Crippen LogP contribution in [-0.4, -0.2) is 132 Å². The van der Waals surface area contributed by atoms with Gasteiger partial charge in [0.15, 0.2) is 47.7 Å². The first kappa shape index (κ1) is 51.7. The average molecular weight is 1020 g/mol. The van der Waals surface area contributed by atoms with Gasteiger partial charge in [0.05, 0.1) is 31.8 Å². The van der Waals surface area contributed by atoms with Crippen LogP contribution in [0.3, 0.4) is 0 Å². The van der Waals surface area contributed by atoms with E-state index in [0.29, 0.717) is 24.3 Å². The first-order chi connectivity index (χ1) is 33.2. The van der Waals surface area contributed by atoms with E-state index in [1.54, 1.807) is 26.6 Å². The molecule has 29 heteroatoms. The number of amides is 3. The number of ether oxygens (including phenoxy) is 3. The van der Waals surface area contributed by atoms with Crippen LogP contribution in [-0.2, 0) is 52.5 Å². The van der Waals surface area contributed by atoms with Crippen LogP contribution in [0.25, 0.3) is 22.3 Å². The molecule has 11 atom stereocenters. The van der Waals surface area contributed by atoms with E-state index in [0.717, 1.165) is 5.56 Å². The van der Waals surface area contributed by atoms with Crippen molar-refractivity contribution in [2.45, 2.75) is 108 Å². The Morgan fingerprint density at radius 2 is 1.46 bits per heavy atom. The molecule has 0 aliphatic carbocycles. The van der Waals surface area contributed by atoms with Gasteiger partial charge in [-0.2, -0.15) is 0 Å². The summed E-state index contributed by atoms with van der Waals surface area (Å²) in [5.74, 6) is -0.372. The van der Waals surface area contributed by atoms with Crippen molar-refractivity contribution >= 4 is 93.6 Å². The summed E-state index contributed by atoms with van der Waals surface area (Å²) in [7, 11) is -1.09. The molecular weight excluding hydrogens is 965 g/mol. The zero-order chi connectivity index (χ0) is 49.4. The summed E-state index contributed by atoms with van der Waals surface area (Å²) in [5.41, 5.74) is 14.3. The van der Waals surface area contributed by atoms with E-state index in [9.17, 15) is 18.9 Å². The largest absolute Gasteiger partial charge is 0.382 e. The van der Waals surface area contributed by atoms with Gasteiger partial charge in [0.2, 0.25) is 25.3 Å². The number of nitrogens with two attached hydrogens (primary N) is 2. The lowest BCUT2D eigenvalue weighted by atomic mass is 10.0. The van der Waals surface area contributed by atoms with E-state index in [1.807, 2.05) is 32.9 Å². The zero-order valence-corrected chi connectivity index (χ0v) is 40.7. The van der Waals surface area contributed by atoms with Crippen LogP contribution < -0.4 is 27.4 Å². The number of carbonyl (C=O) groups is 3. The Labute approximate surface area is 402 Å². The van der Waals surface area contributed by atoms with E-state index < -0.39 is 90.1 Å². The van der Waals surface area contributed by atoms with Crippen LogP contribution in [0.4, 0.5) is 26.1 Å². The number of hydrogen-bond acceptors (Lipinski definition) is 19. The average Bonchev–Trinajstić information content (AvgIpc) is 4.10. The number of aromatic nitrogens is 8. The van der Waals surface area contributed by atoms with Crippen LogP contribution in [0.1, 0.15) is 58.6 Å². The SMILES string of the molecule is BP(OC[C@H]1O[C@@H](n2cnc3c(N)ncnc32)[C@H](F)[C@@H]1OP=O)O[C@H]1[C@@H](F)[C@H](n2cnc3c(N)ncnc32)O[C@@H]1COCSCc1ccc(NC(=O)[C@H](C)NC(=O)C(NC(=O)CCC)C(C)C)cc1. The Bertz CT molecular complexity index is 2580. The quantitative estimate of drug-likeness (QED) is 0.0271. The summed E-state index contributed by atoms with van der Waals surface area (Å²) in [6, 6.07) is 5.51. The number of alkyl halides is 2. The molecule has 370 valence electrons. The van der Waals surface area contributed by atoms with Gasteiger partial charge in [-0.1, -0.05) is 32.9 Å². The van der Waals surface area contributed by atoms with Gasteiger partial charge >= 0.3 is 8.69 Å². The first-order valence-electron chi connectivity index (χ1n) is 21.8. The third-order valence-corrected chi connectivity index (χ3v) is 13.4. The van der Waals surface area contributed by atoms with Crippen molar-refractivity contribution < 1.29 is 55.5 Å². The number of halogens is 2. The fourth-order valence-electron chi connectivity index (χ4n) is 7.59. The Kier molecular flexibility index (Phi) is 17.7. The van der Waals surface area contributed by atoms with Crippen LogP contribution in [0, 0.1) is 5.92 Å². The second-order valence-corrected chi connectivity index (χ2v) is 19.1. The summed E-state index contributed by atoms with van der Waals surface area (Å²) in [6.07, 6.45) is -4.74. The lowest BCUT2D eigenvalue weighted by molar-refractivity contribution is -0.131. The lowest BCUT2D eigenvalue weighted by Gasteiger charge is -2.25. The van der Waals surface area contributed by atoms with Gasteiger partial charge in [-0.05, 0) is 37.0 Å². The highest BCUT2D eigenvalue weighted by molar-refractivity contribution is 7.98. The maximum absolute atomic E-state index is 16.6. The van der Waals surface area contributed by atoms with Crippen LogP contribution in [0.5, 0.6) is 0 Å². The molecule has 2 fully saturated rings. The van der Waals surface area contributed by atoms with Crippen molar-refractivity contribution in [2.24, 2.45) is 5.92 Å². The molecule has 69 heavy (non-hydrogen) atoms. The molecule has 3 amide bonds. The molecular formula is C40H52BF2N13O10P2S. The molecule has 0 saturated carbocycles. The topological polar surface area (TPSA) is 299 Å². The predicted molar refractivity (Wildman–Crippen MR) is 252 cm³/mol. The van der Waals surface area contributed by atoms with Gasteiger partial charge in [-0.15, -0.1) is 11.8 Å². The summed E-state index contributed by atoms with van der Waals surface area (Å²) >= 11 is 1.44. The van der Waals surface area contributed by atoms with Crippen molar-refractivity contribution in [2.75, 3.05) is 35.9 Å². The normalized spacial score (nSPS) is 23.9. The van der Waals surface area contributed by atoms with E-state index in [1.165, 1.54) is 46.2 Å². The molecule has 0 bridgehead atoms. The van der Waals surface area contributed by atoms with E-state index in [4.69, 9.17) is 39.2 Å². The Morgan fingerprint density at radius 3 is 2.04 bits per heavy atom. The number of imidazole rings is 2. The van der Waals surface area contributed by atoms with Gasteiger partial charge in [0.25, 0.3) is 0 Å². The molecule has 2 aliphatic rings. The van der Waals surface area contributed by atoms with Gasteiger partial charge < -0.3 is 50.7 Å². The van der Waals surface area contributed by atoms with Crippen LogP contribution in [0.2, 0.25) is 0 Å². The van der Waals surface area contributed by atoms with Crippen LogP contribution >= 0.6 is 28.7 Å². The Morgan fingerprint density at radius 1 is 0.870 bits per heavy atom. The van der Waals surface area contributed by atoms with Gasteiger partial charge in [0, 0.05) is 17.9 Å². The first-order valence-corrected chi connectivity index (χ1v) is 25.3. The number of nitrogen functional groups attached to an aromatic ring is 2. The number of nitrogens with zero attached hydrogens (tertiary/aromatic N) is 8. The highest BCUT2D eigenvalue weighted by Crippen LogP contribution is 2.45. The molecule has 23 nitrogen and oxygen atoms in total. The highest BCUT2D eigenvalue weighted by Gasteiger charge is 2.50. The molecule has 0 spiro atoms. The fourth-order valence-corrected chi connectivity index (χ4v) is 9.68. The molecule has 4 aromatic heterocycles. The summed E-state index contributed by atoms with van der Waals surface area (Å²) in [6.45, 7) is 6.69. The Balaban J connectivity index is 0.928. The molecule has 5 aromatic rings. The minimum absolute atomic E-state index is 0.0907. The second-order valence-electron chi connectivity index (χ2n) is 16.4. The third kappa shape index (κ3) is 12.3. The van der Waals surface area contributed by atoms with E-state index in [2.05, 4.69) is 45.9 Å². The monoisotopic (exact) mass is 1020 g/mol. The van der Waals surface area contributed by atoms with Crippen molar-refractivity contribution in [3.8, 4) is 0 Å². The molecule has 0 radical (unpaired) electrons.